The van der Waals surface area contributed by atoms with Crippen LogP contribution in [0.25, 0.3) is 0 Å². The van der Waals surface area contributed by atoms with Crippen LogP contribution >= 0.6 is 11.8 Å². The van der Waals surface area contributed by atoms with Gasteiger partial charge in [-0.2, -0.15) is 0 Å². The SMILES string of the molecule is CC1C=CC(CO)C1.CC1CCC(CO)C1.CC1CSC(CO)O1. The molecule has 0 aromatic heterocycles. The van der Waals surface area contributed by atoms with E-state index in [4.69, 9.17) is 20.1 Å². The van der Waals surface area contributed by atoms with Crippen LogP contribution in [0, 0.1) is 23.7 Å². The Kier molecular flexibility index (Phi) is 11.3. The number of aliphatic hydroxyl groups is 3. The van der Waals surface area contributed by atoms with Crippen LogP contribution in [0.2, 0.25) is 0 Å². The van der Waals surface area contributed by atoms with E-state index in [2.05, 4.69) is 26.0 Å². The van der Waals surface area contributed by atoms with Crippen molar-refractivity contribution < 1.29 is 20.1 Å². The maximum absolute atomic E-state index is 8.68. The van der Waals surface area contributed by atoms with Crippen molar-refractivity contribution >= 4 is 11.8 Å². The summed E-state index contributed by atoms with van der Waals surface area (Å²) in [5.74, 6) is 3.65. The molecular formula is C19H36O4S. The Morgan fingerprint density at radius 2 is 1.71 bits per heavy atom. The number of allylic oxidation sites excluding steroid dienone is 1. The van der Waals surface area contributed by atoms with Crippen LogP contribution in [-0.4, -0.2) is 52.4 Å². The van der Waals surface area contributed by atoms with Gasteiger partial charge < -0.3 is 20.1 Å². The van der Waals surface area contributed by atoms with Crippen LogP contribution in [0.5, 0.6) is 0 Å². The first-order chi connectivity index (χ1) is 11.5. The van der Waals surface area contributed by atoms with Crippen molar-refractivity contribution in [1.82, 2.24) is 0 Å². The Labute approximate surface area is 151 Å². The highest BCUT2D eigenvalue weighted by atomic mass is 32.2. The van der Waals surface area contributed by atoms with Gasteiger partial charge in [-0.05, 0) is 43.9 Å². The average molecular weight is 361 g/mol. The zero-order chi connectivity index (χ0) is 17.9. The van der Waals surface area contributed by atoms with Crippen LogP contribution in [-0.2, 0) is 4.74 Å². The quantitative estimate of drug-likeness (QED) is 0.675. The topological polar surface area (TPSA) is 69.9 Å². The van der Waals surface area contributed by atoms with Crippen molar-refractivity contribution in [2.75, 3.05) is 25.6 Å². The maximum atomic E-state index is 8.68. The van der Waals surface area contributed by atoms with E-state index in [1.165, 1.54) is 19.3 Å². The van der Waals surface area contributed by atoms with Gasteiger partial charge in [0.15, 0.2) is 0 Å². The Balaban J connectivity index is 0.000000180. The molecule has 2 fully saturated rings. The highest BCUT2D eigenvalue weighted by Crippen LogP contribution is 2.29. The molecule has 0 amide bonds. The van der Waals surface area contributed by atoms with E-state index in [0.717, 1.165) is 18.1 Å². The fourth-order valence-corrected chi connectivity index (χ4v) is 4.22. The molecule has 1 saturated heterocycles. The van der Waals surface area contributed by atoms with E-state index in [-0.39, 0.29) is 12.0 Å². The molecule has 0 bridgehead atoms. The normalized spacial score (nSPS) is 37.6. The van der Waals surface area contributed by atoms with Crippen molar-refractivity contribution in [1.29, 1.82) is 0 Å². The van der Waals surface area contributed by atoms with Crippen molar-refractivity contribution in [2.24, 2.45) is 23.7 Å². The molecule has 0 aromatic carbocycles. The summed E-state index contributed by atoms with van der Waals surface area (Å²) >= 11 is 1.68. The van der Waals surface area contributed by atoms with Crippen molar-refractivity contribution in [3.63, 3.8) is 0 Å². The Bertz CT molecular complexity index is 330. The minimum Gasteiger partial charge on any atom is -0.396 e. The molecule has 3 N–H and O–H groups in total. The number of hydrogen-bond donors (Lipinski definition) is 3. The smallest absolute Gasteiger partial charge is 0.126 e. The number of aliphatic hydroxyl groups excluding tert-OH is 3. The van der Waals surface area contributed by atoms with Gasteiger partial charge in [0.1, 0.15) is 5.44 Å². The molecule has 3 aliphatic rings. The first-order valence-electron chi connectivity index (χ1n) is 9.26. The standard InChI is InChI=1S/C7H14O.C7H12O.C5H10O2S/c2*1-6-2-3-7(4-6)5-8;1-4-3-8-5(2-6)7-4/h6-8H,2-5H2,1H3;2-3,6-8H,4-5H2,1H3;4-6H,2-3H2,1H3. The fraction of sp³-hybridized carbons (Fsp3) is 0.895. The Morgan fingerprint density at radius 1 is 0.958 bits per heavy atom. The molecule has 142 valence electrons. The molecule has 1 saturated carbocycles. The largest absolute Gasteiger partial charge is 0.396 e. The highest BCUT2D eigenvalue weighted by Gasteiger charge is 2.21. The molecule has 24 heavy (non-hydrogen) atoms. The van der Waals surface area contributed by atoms with Crippen molar-refractivity contribution in [3.05, 3.63) is 12.2 Å². The number of hydrogen-bond acceptors (Lipinski definition) is 5. The van der Waals surface area contributed by atoms with Crippen LogP contribution in [0.15, 0.2) is 12.2 Å². The lowest BCUT2D eigenvalue weighted by molar-refractivity contribution is 0.0445. The van der Waals surface area contributed by atoms with Crippen LogP contribution in [0.4, 0.5) is 0 Å². The summed E-state index contributed by atoms with van der Waals surface area (Å²) < 4.78 is 5.22. The van der Waals surface area contributed by atoms with Crippen LogP contribution < -0.4 is 0 Å². The second-order valence-electron chi connectivity index (χ2n) is 7.40. The molecule has 3 rings (SSSR count). The second-order valence-corrected chi connectivity index (χ2v) is 8.59. The molecule has 0 aromatic rings. The van der Waals surface area contributed by atoms with Crippen LogP contribution in [0.1, 0.15) is 46.5 Å². The zero-order valence-electron chi connectivity index (χ0n) is 15.4. The first kappa shape index (κ1) is 22.0. The number of thioether (sulfide) groups is 1. The van der Waals surface area contributed by atoms with E-state index in [9.17, 15) is 0 Å². The predicted octanol–water partition coefficient (Wildman–Crippen LogP) is 3.06. The van der Waals surface area contributed by atoms with E-state index in [0.29, 0.717) is 37.1 Å². The fourth-order valence-electron chi connectivity index (χ4n) is 3.28. The second kappa shape index (κ2) is 12.3. The highest BCUT2D eigenvalue weighted by molar-refractivity contribution is 8.00. The van der Waals surface area contributed by atoms with E-state index < -0.39 is 0 Å². The summed E-state index contributed by atoms with van der Waals surface area (Å²) in [7, 11) is 0. The molecule has 1 aliphatic heterocycles. The van der Waals surface area contributed by atoms with Gasteiger partial charge in [0.25, 0.3) is 0 Å². The van der Waals surface area contributed by atoms with Gasteiger partial charge in [-0.3, -0.25) is 0 Å². The average Bonchev–Trinajstić information content (AvgIpc) is 3.30. The molecule has 6 atom stereocenters. The van der Waals surface area contributed by atoms with Gasteiger partial charge >= 0.3 is 0 Å². The van der Waals surface area contributed by atoms with E-state index in [1.807, 2.05) is 6.92 Å². The van der Waals surface area contributed by atoms with Gasteiger partial charge in [-0.1, -0.05) is 32.4 Å². The Hall–Kier alpha value is -0.0700. The monoisotopic (exact) mass is 360 g/mol. The third kappa shape index (κ3) is 8.86. The molecule has 4 nitrogen and oxygen atoms in total. The van der Waals surface area contributed by atoms with Gasteiger partial charge in [-0.25, -0.2) is 0 Å². The number of ether oxygens (including phenoxy) is 1. The van der Waals surface area contributed by atoms with E-state index >= 15 is 0 Å². The van der Waals surface area contributed by atoms with Gasteiger partial charge in [0, 0.05) is 24.9 Å². The number of rotatable bonds is 3. The lowest BCUT2D eigenvalue weighted by Crippen LogP contribution is -2.10. The third-order valence-corrected chi connectivity index (χ3v) is 6.03. The van der Waals surface area contributed by atoms with Crippen LogP contribution in [0.3, 0.4) is 0 Å². The summed E-state index contributed by atoms with van der Waals surface area (Å²) in [6, 6.07) is 0. The lowest BCUT2D eigenvalue weighted by atomic mass is 10.1. The maximum Gasteiger partial charge on any atom is 0.126 e. The summed E-state index contributed by atoms with van der Waals surface area (Å²) in [6.07, 6.45) is 9.55. The zero-order valence-corrected chi connectivity index (χ0v) is 16.3. The van der Waals surface area contributed by atoms with Gasteiger partial charge in [0.05, 0.1) is 12.7 Å². The molecule has 5 heteroatoms. The Morgan fingerprint density at radius 3 is 1.96 bits per heavy atom. The summed E-state index contributed by atoms with van der Waals surface area (Å²) in [5, 5.41) is 25.9. The predicted molar refractivity (Wildman–Crippen MR) is 101 cm³/mol. The van der Waals surface area contributed by atoms with Crippen molar-refractivity contribution in [2.45, 2.75) is 58.0 Å². The van der Waals surface area contributed by atoms with Gasteiger partial charge in [0.2, 0.25) is 0 Å². The minimum atomic E-state index is 0.0463. The molecule has 0 spiro atoms. The van der Waals surface area contributed by atoms with E-state index in [1.54, 1.807) is 11.8 Å². The first-order valence-corrected chi connectivity index (χ1v) is 10.3. The third-order valence-electron chi connectivity index (χ3n) is 4.73. The van der Waals surface area contributed by atoms with Gasteiger partial charge in [-0.15, -0.1) is 11.8 Å². The minimum absolute atomic E-state index is 0.0463. The molecule has 6 unspecified atom stereocenters. The molecular weight excluding hydrogens is 324 g/mol. The summed E-state index contributed by atoms with van der Waals surface area (Å²) in [4.78, 5) is 0. The summed E-state index contributed by atoms with van der Waals surface area (Å²) in [6.45, 7) is 7.32. The van der Waals surface area contributed by atoms with Crippen molar-refractivity contribution in [3.8, 4) is 0 Å². The molecule has 0 radical (unpaired) electrons. The summed E-state index contributed by atoms with van der Waals surface area (Å²) in [5.41, 5.74) is 0.0463. The molecule has 2 aliphatic carbocycles. The molecule has 1 heterocycles. The lowest BCUT2D eigenvalue weighted by Gasteiger charge is -2.03.